The van der Waals surface area contributed by atoms with Crippen LogP contribution in [0.2, 0.25) is 0 Å². The van der Waals surface area contributed by atoms with Crippen molar-refractivity contribution in [2.45, 2.75) is 6.54 Å². The van der Waals surface area contributed by atoms with Crippen molar-refractivity contribution in [2.24, 2.45) is 0 Å². The highest BCUT2D eigenvalue weighted by Gasteiger charge is 2.13. The lowest BCUT2D eigenvalue weighted by Gasteiger charge is -2.16. The third-order valence-electron chi connectivity index (χ3n) is 2.74. The van der Waals surface area contributed by atoms with Crippen molar-refractivity contribution in [2.75, 3.05) is 14.2 Å². The molecular weight excluding hydrogens is 373 g/mol. The molecule has 0 N–H and O–H groups in total. The molecule has 5 heteroatoms. The Bertz CT molecular complexity index is 565. The van der Waals surface area contributed by atoms with Gasteiger partial charge in [-0.15, -0.1) is 11.3 Å². The van der Waals surface area contributed by atoms with Crippen LogP contribution in [0.5, 0.6) is 5.75 Å². The highest BCUT2D eigenvalue weighted by Crippen LogP contribution is 2.19. The molecule has 1 heterocycles. The third kappa shape index (κ3) is 3.70. The van der Waals surface area contributed by atoms with Crippen LogP contribution in [0, 0.1) is 2.88 Å². The summed E-state index contributed by atoms with van der Waals surface area (Å²) in [6, 6.07) is 9.67. The van der Waals surface area contributed by atoms with Gasteiger partial charge in [-0.1, -0.05) is 12.1 Å². The van der Waals surface area contributed by atoms with Crippen molar-refractivity contribution in [3.8, 4) is 5.75 Å². The van der Waals surface area contributed by atoms with E-state index in [0.29, 0.717) is 6.54 Å². The molecule has 0 spiro atoms. The largest absolute Gasteiger partial charge is 0.497 e. The second-order valence-electron chi connectivity index (χ2n) is 4.15. The zero-order valence-corrected chi connectivity index (χ0v) is 13.7. The topological polar surface area (TPSA) is 29.5 Å². The van der Waals surface area contributed by atoms with Crippen LogP contribution in [-0.2, 0) is 6.54 Å². The van der Waals surface area contributed by atoms with Crippen LogP contribution in [0.3, 0.4) is 0 Å². The molecule has 3 nitrogen and oxygen atoms in total. The average Bonchev–Trinajstić information content (AvgIpc) is 2.85. The van der Waals surface area contributed by atoms with E-state index >= 15 is 0 Å². The number of nitrogens with zero attached hydrogens (tertiary/aromatic N) is 1. The standard InChI is InChI=1S/C14H14INO2S/c1-16(14(17)11-7-13(15)19-9-11)8-10-3-5-12(18-2)6-4-10/h3-7,9H,8H2,1-2H3. The fourth-order valence-electron chi connectivity index (χ4n) is 1.72. The normalized spacial score (nSPS) is 10.3. The lowest BCUT2D eigenvalue weighted by molar-refractivity contribution is 0.0785. The minimum absolute atomic E-state index is 0.0509. The first-order valence-corrected chi connectivity index (χ1v) is 7.68. The quantitative estimate of drug-likeness (QED) is 0.750. The van der Waals surface area contributed by atoms with Gasteiger partial charge in [-0.25, -0.2) is 0 Å². The minimum atomic E-state index is 0.0509. The van der Waals surface area contributed by atoms with Gasteiger partial charge in [-0.3, -0.25) is 4.79 Å². The summed E-state index contributed by atoms with van der Waals surface area (Å²) in [6.07, 6.45) is 0. The minimum Gasteiger partial charge on any atom is -0.497 e. The Balaban J connectivity index is 2.03. The summed E-state index contributed by atoms with van der Waals surface area (Å²) >= 11 is 3.81. The molecule has 0 atom stereocenters. The summed E-state index contributed by atoms with van der Waals surface area (Å²) in [5.41, 5.74) is 1.84. The number of amides is 1. The second kappa shape index (κ2) is 6.38. The van der Waals surface area contributed by atoms with Crippen molar-refractivity contribution in [3.05, 3.63) is 49.7 Å². The Kier molecular flexibility index (Phi) is 4.81. The van der Waals surface area contributed by atoms with Gasteiger partial charge in [0.25, 0.3) is 5.91 Å². The number of halogens is 1. The molecule has 1 aromatic heterocycles. The van der Waals surface area contributed by atoms with Crippen molar-refractivity contribution in [1.82, 2.24) is 4.90 Å². The first kappa shape index (κ1) is 14.3. The zero-order chi connectivity index (χ0) is 13.8. The summed E-state index contributed by atoms with van der Waals surface area (Å²) in [6.45, 7) is 0.593. The maximum Gasteiger partial charge on any atom is 0.254 e. The Morgan fingerprint density at radius 2 is 2.05 bits per heavy atom. The van der Waals surface area contributed by atoms with Gasteiger partial charge >= 0.3 is 0 Å². The number of thiophene rings is 1. The summed E-state index contributed by atoms with van der Waals surface area (Å²) in [5.74, 6) is 0.875. The number of rotatable bonds is 4. The predicted molar refractivity (Wildman–Crippen MR) is 85.8 cm³/mol. The average molecular weight is 387 g/mol. The fourth-order valence-corrected chi connectivity index (χ4v) is 3.04. The molecule has 1 amide bonds. The zero-order valence-electron chi connectivity index (χ0n) is 10.7. The van der Waals surface area contributed by atoms with Gasteiger partial charge in [-0.05, 0) is 46.4 Å². The molecule has 0 unspecified atom stereocenters. The van der Waals surface area contributed by atoms with Crippen LogP contribution < -0.4 is 4.74 Å². The smallest absolute Gasteiger partial charge is 0.254 e. The van der Waals surface area contributed by atoms with Gasteiger partial charge in [0.2, 0.25) is 0 Å². The third-order valence-corrected chi connectivity index (χ3v) is 4.53. The van der Waals surface area contributed by atoms with Crippen molar-refractivity contribution in [1.29, 1.82) is 0 Å². The fraction of sp³-hybridized carbons (Fsp3) is 0.214. The molecule has 19 heavy (non-hydrogen) atoms. The summed E-state index contributed by atoms with van der Waals surface area (Å²) in [5, 5.41) is 1.90. The Labute approximate surface area is 130 Å². The van der Waals surface area contributed by atoms with Gasteiger partial charge in [0.15, 0.2) is 0 Å². The maximum absolute atomic E-state index is 12.2. The summed E-state index contributed by atoms with van der Waals surface area (Å²) in [4.78, 5) is 13.9. The maximum atomic E-state index is 12.2. The molecule has 0 radical (unpaired) electrons. The number of hydrogen-bond donors (Lipinski definition) is 0. The molecule has 0 saturated heterocycles. The number of benzene rings is 1. The molecule has 2 rings (SSSR count). The van der Waals surface area contributed by atoms with Crippen LogP contribution in [0.15, 0.2) is 35.7 Å². The van der Waals surface area contributed by atoms with Crippen LogP contribution in [0.4, 0.5) is 0 Å². The van der Waals surface area contributed by atoms with E-state index in [-0.39, 0.29) is 5.91 Å². The van der Waals surface area contributed by atoms with Gasteiger partial charge in [-0.2, -0.15) is 0 Å². The number of carbonyl (C=O) groups excluding carboxylic acids is 1. The monoisotopic (exact) mass is 387 g/mol. The van der Waals surface area contributed by atoms with Crippen molar-refractivity contribution in [3.63, 3.8) is 0 Å². The highest BCUT2D eigenvalue weighted by atomic mass is 127. The lowest BCUT2D eigenvalue weighted by atomic mass is 10.2. The highest BCUT2D eigenvalue weighted by molar-refractivity contribution is 14.1. The number of carbonyl (C=O) groups is 1. The van der Waals surface area contributed by atoms with E-state index < -0.39 is 0 Å². The van der Waals surface area contributed by atoms with E-state index in [1.807, 2.05) is 42.8 Å². The number of hydrogen-bond acceptors (Lipinski definition) is 3. The predicted octanol–water partition coefficient (Wildman–Crippen LogP) is 3.63. The Morgan fingerprint density at radius 3 is 2.58 bits per heavy atom. The van der Waals surface area contributed by atoms with Crippen LogP contribution in [-0.4, -0.2) is 25.0 Å². The molecule has 0 fully saturated rings. The van der Waals surface area contributed by atoms with Gasteiger partial charge in [0.1, 0.15) is 5.75 Å². The van der Waals surface area contributed by atoms with Gasteiger partial charge in [0, 0.05) is 19.0 Å². The molecule has 0 saturated carbocycles. The van der Waals surface area contributed by atoms with Crippen molar-refractivity contribution >= 4 is 39.8 Å². The van der Waals surface area contributed by atoms with Crippen molar-refractivity contribution < 1.29 is 9.53 Å². The van der Waals surface area contributed by atoms with Gasteiger partial charge in [0.05, 0.1) is 15.6 Å². The van der Waals surface area contributed by atoms with Crippen LogP contribution in [0.1, 0.15) is 15.9 Å². The van der Waals surface area contributed by atoms with E-state index in [2.05, 4.69) is 22.6 Å². The Morgan fingerprint density at radius 1 is 1.37 bits per heavy atom. The molecule has 0 bridgehead atoms. The Hall–Kier alpha value is -1.08. The van der Waals surface area contributed by atoms with E-state index in [0.717, 1.165) is 19.8 Å². The lowest BCUT2D eigenvalue weighted by Crippen LogP contribution is -2.25. The molecule has 0 aliphatic rings. The van der Waals surface area contributed by atoms with Crippen LogP contribution in [0.25, 0.3) is 0 Å². The first-order chi connectivity index (χ1) is 9.10. The number of ether oxygens (including phenoxy) is 1. The molecular formula is C14H14INO2S. The van der Waals surface area contributed by atoms with Crippen LogP contribution >= 0.6 is 33.9 Å². The van der Waals surface area contributed by atoms with E-state index in [9.17, 15) is 4.79 Å². The molecule has 2 aromatic rings. The molecule has 1 aromatic carbocycles. The van der Waals surface area contributed by atoms with E-state index in [1.165, 1.54) is 0 Å². The van der Waals surface area contributed by atoms with E-state index in [4.69, 9.17) is 4.74 Å². The van der Waals surface area contributed by atoms with E-state index in [1.54, 1.807) is 23.3 Å². The summed E-state index contributed by atoms with van der Waals surface area (Å²) < 4.78 is 6.24. The molecule has 0 aliphatic carbocycles. The summed E-state index contributed by atoms with van der Waals surface area (Å²) in [7, 11) is 3.46. The first-order valence-electron chi connectivity index (χ1n) is 5.72. The molecule has 100 valence electrons. The number of methoxy groups -OCH3 is 1. The van der Waals surface area contributed by atoms with Gasteiger partial charge < -0.3 is 9.64 Å². The molecule has 0 aliphatic heterocycles. The second-order valence-corrected chi connectivity index (χ2v) is 6.95. The SMILES string of the molecule is COc1ccc(CN(C)C(=O)c2csc(I)c2)cc1.